The van der Waals surface area contributed by atoms with Crippen LogP contribution in [0.5, 0.6) is 22.7 Å². The minimum absolute atomic E-state index is 0.128. The Morgan fingerprint density at radius 2 is 1.88 bits per heavy atom. The number of hydrogen-bond acceptors (Lipinski definition) is 10. The summed E-state index contributed by atoms with van der Waals surface area (Å²) in [7, 11) is 0. The van der Waals surface area contributed by atoms with Gasteiger partial charge < -0.3 is 24.8 Å². The average Bonchev–Trinajstić information content (AvgIpc) is 3.69. The minimum Gasteiger partial charge on any atom is -0.508 e. The second kappa shape index (κ2) is 9.43. The van der Waals surface area contributed by atoms with Gasteiger partial charge >= 0.3 is 6.01 Å². The minimum atomic E-state index is 0.128. The fourth-order valence-electron chi connectivity index (χ4n) is 7.46. The molecule has 10 heteroatoms. The lowest BCUT2D eigenvalue weighted by Gasteiger charge is -2.34. The van der Waals surface area contributed by atoms with Crippen molar-refractivity contribution >= 4 is 38.3 Å². The summed E-state index contributed by atoms with van der Waals surface area (Å²) < 4.78 is 12.8. The monoisotopic (exact) mass is 558 g/mol. The van der Waals surface area contributed by atoms with E-state index in [-0.39, 0.29) is 11.3 Å². The highest BCUT2D eigenvalue weighted by Gasteiger charge is 2.45. The summed E-state index contributed by atoms with van der Waals surface area (Å²) in [5.74, 6) is 1.57. The molecule has 4 aromatic rings. The number of benzene rings is 2. The molecule has 6 heterocycles. The number of phenols is 1. The third-order valence-corrected chi connectivity index (χ3v) is 10.2. The number of thiazole rings is 1. The van der Waals surface area contributed by atoms with Gasteiger partial charge in [-0.15, -0.1) is 0 Å². The predicted molar refractivity (Wildman–Crippen MR) is 156 cm³/mol. The Hall–Kier alpha value is -3.21. The molecule has 0 spiro atoms. The molecule has 2 aromatic heterocycles. The van der Waals surface area contributed by atoms with Gasteiger partial charge in [-0.1, -0.05) is 29.5 Å². The number of anilines is 1. The number of piperazine rings is 1. The number of hydrogen-bond donors (Lipinski definition) is 2. The van der Waals surface area contributed by atoms with Gasteiger partial charge in [-0.05, 0) is 75.6 Å². The number of aromatic nitrogens is 3. The van der Waals surface area contributed by atoms with Crippen LogP contribution in [0.2, 0.25) is 0 Å². The lowest BCUT2D eigenvalue weighted by atomic mass is 9.95. The summed E-state index contributed by atoms with van der Waals surface area (Å²) in [4.78, 5) is 20.5. The van der Waals surface area contributed by atoms with Crippen molar-refractivity contribution in [2.24, 2.45) is 0 Å². The van der Waals surface area contributed by atoms with Crippen LogP contribution in [0.15, 0.2) is 30.3 Å². The maximum atomic E-state index is 10.4. The van der Waals surface area contributed by atoms with E-state index in [0.717, 1.165) is 58.7 Å². The molecule has 2 N–H and O–H groups in total. The first-order valence-corrected chi connectivity index (χ1v) is 15.3. The number of ether oxygens (including phenoxy) is 2. The molecule has 4 aliphatic rings. The van der Waals surface area contributed by atoms with E-state index in [1.165, 1.54) is 49.9 Å². The lowest BCUT2D eigenvalue weighted by molar-refractivity contribution is 0.108. The third-order valence-electron chi connectivity index (χ3n) is 9.33. The van der Waals surface area contributed by atoms with Crippen LogP contribution in [0.3, 0.4) is 0 Å². The Labute approximate surface area is 237 Å². The number of aromatic hydroxyl groups is 1. The van der Waals surface area contributed by atoms with Crippen LogP contribution in [0, 0.1) is 6.92 Å². The molecule has 8 rings (SSSR count). The summed E-state index contributed by atoms with van der Waals surface area (Å²) in [5.41, 5.74) is 1.95. The molecule has 4 saturated heterocycles. The summed E-state index contributed by atoms with van der Waals surface area (Å²) in [6.07, 6.45) is 7.20. The van der Waals surface area contributed by atoms with Crippen LogP contribution in [-0.2, 0) is 0 Å². The van der Waals surface area contributed by atoms with Crippen molar-refractivity contribution in [3.05, 3.63) is 35.9 Å². The first-order chi connectivity index (χ1) is 19.5. The van der Waals surface area contributed by atoms with Crippen LogP contribution in [0.25, 0.3) is 21.1 Å². The van der Waals surface area contributed by atoms with Crippen molar-refractivity contribution < 1.29 is 14.6 Å². The van der Waals surface area contributed by atoms with Gasteiger partial charge in [-0.25, -0.2) is 0 Å². The average molecular weight is 559 g/mol. The molecule has 0 aliphatic carbocycles. The SMILES string of the molecule is Cc1cccc2cc(O)cc(Oc3nc4c(N5CC6CC[C@@H](C5)N6)nc(OCC56CCCN5CCC6)nc4s3)c12. The highest BCUT2D eigenvalue weighted by molar-refractivity contribution is 7.19. The molecule has 208 valence electrons. The summed E-state index contributed by atoms with van der Waals surface area (Å²) in [5, 5.41) is 16.5. The second-order valence-electron chi connectivity index (χ2n) is 11.9. The molecule has 0 amide bonds. The number of nitrogens with zero attached hydrogens (tertiary/aromatic N) is 5. The van der Waals surface area contributed by atoms with Crippen molar-refractivity contribution in [1.82, 2.24) is 25.2 Å². The molecule has 0 saturated carbocycles. The van der Waals surface area contributed by atoms with E-state index in [2.05, 4.69) is 15.1 Å². The smallest absolute Gasteiger partial charge is 0.319 e. The molecule has 2 atom stereocenters. The van der Waals surface area contributed by atoms with Crippen molar-refractivity contribution in [2.75, 3.05) is 37.7 Å². The van der Waals surface area contributed by atoms with Crippen LogP contribution in [0.4, 0.5) is 5.82 Å². The summed E-state index contributed by atoms with van der Waals surface area (Å²) in [6, 6.07) is 10.8. The van der Waals surface area contributed by atoms with Gasteiger partial charge in [-0.3, -0.25) is 4.90 Å². The number of rotatable bonds is 6. The van der Waals surface area contributed by atoms with E-state index in [4.69, 9.17) is 24.4 Å². The second-order valence-corrected chi connectivity index (χ2v) is 12.9. The zero-order chi connectivity index (χ0) is 26.8. The fourth-order valence-corrected chi connectivity index (χ4v) is 8.25. The van der Waals surface area contributed by atoms with Gasteiger partial charge in [0.05, 0.1) is 5.54 Å². The van der Waals surface area contributed by atoms with Crippen LogP contribution in [0.1, 0.15) is 44.1 Å². The van der Waals surface area contributed by atoms with Crippen LogP contribution >= 0.6 is 11.3 Å². The molecule has 2 aromatic carbocycles. The van der Waals surface area contributed by atoms with E-state index in [9.17, 15) is 5.11 Å². The molecular formula is C30H34N6O3S. The molecule has 0 radical (unpaired) electrons. The molecule has 2 bridgehead atoms. The summed E-state index contributed by atoms with van der Waals surface area (Å²) >= 11 is 1.40. The normalized spacial score (nSPS) is 23.8. The predicted octanol–water partition coefficient (Wildman–Crippen LogP) is 4.99. The Balaban J connectivity index is 1.17. The molecule has 4 aliphatic heterocycles. The van der Waals surface area contributed by atoms with Crippen molar-refractivity contribution in [2.45, 2.75) is 63.1 Å². The quantitative estimate of drug-likeness (QED) is 0.339. The maximum Gasteiger partial charge on any atom is 0.319 e. The van der Waals surface area contributed by atoms with E-state index in [0.29, 0.717) is 35.6 Å². The fraction of sp³-hybridized carbons (Fsp3) is 0.500. The first kappa shape index (κ1) is 24.6. The van der Waals surface area contributed by atoms with Crippen molar-refractivity contribution in [3.63, 3.8) is 0 Å². The topological polar surface area (TPSA) is 95.9 Å². The van der Waals surface area contributed by atoms with Crippen LogP contribution in [-0.4, -0.2) is 75.4 Å². The highest BCUT2D eigenvalue weighted by atomic mass is 32.1. The zero-order valence-corrected chi connectivity index (χ0v) is 23.5. The Bertz CT molecular complexity index is 1590. The molecule has 1 unspecified atom stereocenters. The molecular weight excluding hydrogens is 524 g/mol. The standard InChI is InChI=1S/C30H34N6O3S/c1-18-5-2-6-19-13-22(37)14-23(24(18)19)39-29-32-25-26(35-15-20-7-8-21(16-35)31-20)33-28(34-27(25)40-29)38-17-30-9-3-11-36(30)12-4-10-30/h2,5-6,13-14,20-21,31,37H,3-4,7-12,15-17H2,1H3/t20-,21?/m0/s1. The van der Waals surface area contributed by atoms with Crippen LogP contribution < -0.4 is 19.7 Å². The van der Waals surface area contributed by atoms with Gasteiger partial charge in [0.25, 0.3) is 5.19 Å². The Kier molecular flexibility index (Phi) is 5.79. The highest BCUT2D eigenvalue weighted by Crippen LogP contribution is 2.42. The van der Waals surface area contributed by atoms with Crippen molar-refractivity contribution in [1.29, 1.82) is 0 Å². The van der Waals surface area contributed by atoms with Gasteiger partial charge in [-0.2, -0.15) is 15.0 Å². The molecule has 40 heavy (non-hydrogen) atoms. The molecule has 4 fully saturated rings. The zero-order valence-electron chi connectivity index (χ0n) is 22.7. The van der Waals surface area contributed by atoms with E-state index in [1.807, 2.05) is 25.1 Å². The number of aryl methyl sites for hydroxylation is 1. The largest absolute Gasteiger partial charge is 0.508 e. The van der Waals surface area contributed by atoms with E-state index in [1.54, 1.807) is 12.1 Å². The van der Waals surface area contributed by atoms with E-state index < -0.39 is 0 Å². The Morgan fingerprint density at radius 3 is 2.67 bits per heavy atom. The third kappa shape index (κ3) is 4.15. The van der Waals surface area contributed by atoms with Gasteiger partial charge in [0, 0.05) is 36.6 Å². The summed E-state index contributed by atoms with van der Waals surface area (Å²) in [6.45, 7) is 6.79. The lowest BCUT2D eigenvalue weighted by Crippen LogP contribution is -2.51. The Morgan fingerprint density at radius 1 is 1.07 bits per heavy atom. The van der Waals surface area contributed by atoms with Gasteiger partial charge in [0.1, 0.15) is 23.6 Å². The van der Waals surface area contributed by atoms with E-state index >= 15 is 0 Å². The molecule has 9 nitrogen and oxygen atoms in total. The van der Waals surface area contributed by atoms with Gasteiger partial charge in [0.15, 0.2) is 10.6 Å². The maximum absolute atomic E-state index is 10.4. The number of nitrogens with one attached hydrogen (secondary N) is 1. The van der Waals surface area contributed by atoms with Gasteiger partial charge in [0.2, 0.25) is 0 Å². The number of fused-ring (bicyclic) bond motifs is 5. The first-order valence-electron chi connectivity index (χ1n) is 14.5. The number of phenolic OH excluding ortho intramolecular Hbond substituents is 1. The van der Waals surface area contributed by atoms with Crippen molar-refractivity contribution in [3.8, 4) is 22.7 Å².